The Hall–Kier alpha value is -1.88. The standard InChI is InChI=1S/C15H19NO4/c1-10(2)20-15(18)11-5-3-6-12(9-11)16-14(17)13-7-4-8-19-13/h3,5-6,9-10,13H,4,7-8H2,1-2H3,(H,16,17). The molecule has 1 aliphatic heterocycles. The second kappa shape index (κ2) is 6.52. The Morgan fingerprint density at radius 3 is 2.85 bits per heavy atom. The Morgan fingerprint density at radius 1 is 1.40 bits per heavy atom. The second-order valence-corrected chi connectivity index (χ2v) is 5.03. The van der Waals surface area contributed by atoms with E-state index in [1.54, 1.807) is 38.1 Å². The highest BCUT2D eigenvalue weighted by Crippen LogP contribution is 2.17. The third-order valence-electron chi connectivity index (χ3n) is 2.93. The molecule has 0 saturated carbocycles. The lowest BCUT2D eigenvalue weighted by Crippen LogP contribution is -2.26. The van der Waals surface area contributed by atoms with Crippen molar-refractivity contribution in [2.75, 3.05) is 11.9 Å². The Bertz CT molecular complexity index is 492. The van der Waals surface area contributed by atoms with Crippen LogP contribution in [0.4, 0.5) is 5.69 Å². The minimum Gasteiger partial charge on any atom is -0.459 e. The molecule has 1 unspecified atom stereocenters. The van der Waals surface area contributed by atoms with E-state index in [2.05, 4.69) is 5.32 Å². The van der Waals surface area contributed by atoms with Gasteiger partial charge in [0.15, 0.2) is 0 Å². The van der Waals surface area contributed by atoms with E-state index in [9.17, 15) is 9.59 Å². The summed E-state index contributed by atoms with van der Waals surface area (Å²) in [7, 11) is 0. The van der Waals surface area contributed by atoms with Crippen LogP contribution in [0, 0.1) is 0 Å². The molecule has 1 heterocycles. The van der Waals surface area contributed by atoms with Crippen LogP contribution in [0.25, 0.3) is 0 Å². The van der Waals surface area contributed by atoms with Crippen molar-refractivity contribution in [3.63, 3.8) is 0 Å². The molecule has 1 aromatic carbocycles. The van der Waals surface area contributed by atoms with Crippen LogP contribution in [0.2, 0.25) is 0 Å². The molecular weight excluding hydrogens is 258 g/mol. The topological polar surface area (TPSA) is 64.6 Å². The number of hydrogen-bond acceptors (Lipinski definition) is 4. The van der Waals surface area contributed by atoms with Crippen molar-refractivity contribution < 1.29 is 19.1 Å². The summed E-state index contributed by atoms with van der Waals surface area (Å²) in [5.41, 5.74) is 0.993. The quantitative estimate of drug-likeness (QED) is 0.858. The van der Waals surface area contributed by atoms with Gasteiger partial charge in [0, 0.05) is 12.3 Å². The van der Waals surface area contributed by atoms with Crippen LogP contribution >= 0.6 is 0 Å². The SMILES string of the molecule is CC(C)OC(=O)c1cccc(NC(=O)C2CCCO2)c1. The van der Waals surface area contributed by atoms with Gasteiger partial charge < -0.3 is 14.8 Å². The van der Waals surface area contributed by atoms with Gasteiger partial charge >= 0.3 is 5.97 Å². The number of anilines is 1. The van der Waals surface area contributed by atoms with E-state index in [0.717, 1.165) is 12.8 Å². The summed E-state index contributed by atoms with van der Waals surface area (Å²) in [5, 5.41) is 2.76. The molecule has 5 nitrogen and oxygen atoms in total. The Balaban J connectivity index is 2.02. The van der Waals surface area contributed by atoms with Gasteiger partial charge in [-0.15, -0.1) is 0 Å². The van der Waals surface area contributed by atoms with Crippen molar-refractivity contribution in [1.82, 2.24) is 0 Å². The summed E-state index contributed by atoms with van der Waals surface area (Å²) in [6, 6.07) is 6.71. The third kappa shape index (κ3) is 3.81. The number of carbonyl (C=O) groups excluding carboxylic acids is 2. The van der Waals surface area contributed by atoms with Gasteiger partial charge in [0.05, 0.1) is 11.7 Å². The van der Waals surface area contributed by atoms with Crippen LogP contribution in [0.15, 0.2) is 24.3 Å². The fraction of sp³-hybridized carbons (Fsp3) is 0.467. The van der Waals surface area contributed by atoms with E-state index < -0.39 is 5.97 Å². The molecule has 108 valence electrons. The number of benzene rings is 1. The van der Waals surface area contributed by atoms with Crippen molar-refractivity contribution in [3.05, 3.63) is 29.8 Å². The van der Waals surface area contributed by atoms with Gasteiger partial charge in [0.25, 0.3) is 5.91 Å². The molecule has 0 aliphatic carbocycles. The number of amides is 1. The Morgan fingerprint density at radius 2 is 2.20 bits per heavy atom. The summed E-state index contributed by atoms with van der Waals surface area (Å²) >= 11 is 0. The first kappa shape index (κ1) is 14.5. The lowest BCUT2D eigenvalue weighted by molar-refractivity contribution is -0.124. The summed E-state index contributed by atoms with van der Waals surface area (Å²) < 4.78 is 10.4. The Kier molecular flexibility index (Phi) is 4.74. The molecule has 1 amide bonds. The van der Waals surface area contributed by atoms with Gasteiger partial charge in [-0.2, -0.15) is 0 Å². The van der Waals surface area contributed by atoms with Gasteiger partial charge in [-0.1, -0.05) is 6.07 Å². The average Bonchev–Trinajstić information content (AvgIpc) is 2.92. The Labute approximate surface area is 118 Å². The molecule has 2 rings (SSSR count). The molecular formula is C15H19NO4. The van der Waals surface area contributed by atoms with Crippen molar-refractivity contribution in [2.24, 2.45) is 0 Å². The lowest BCUT2D eigenvalue weighted by atomic mass is 10.2. The van der Waals surface area contributed by atoms with E-state index in [0.29, 0.717) is 17.9 Å². The summed E-state index contributed by atoms with van der Waals surface area (Å²) in [6.07, 6.45) is 1.08. The van der Waals surface area contributed by atoms with E-state index >= 15 is 0 Å². The van der Waals surface area contributed by atoms with Gasteiger partial charge in [0.2, 0.25) is 0 Å². The molecule has 0 radical (unpaired) electrons. The first-order chi connectivity index (χ1) is 9.56. The van der Waals surface area contributed by atoms with Gasteiger partial charge in [-0.05, 0) is 44.9 Å². The molecule has 1 aromatic rings. The molecule has 0 bridgehead atoms. The number of esters is 1. The number of nitrogens with one attached hydrogen (secondary N) is 1. The normalized spacial score (nSPS) is 18.1. The van der Waals surface area contributed by atoms with Crippen LogP contribution in [0.3, 0.4) is 0 Å². The van der Waals surface area contributed by atoms with Crippen molar-refractivity contribution in [2.45, 2.75) is 38.9 Å². The smallest absolute Gasteiger partial charge is 0.338 e. The summed E-state index contributed by atoms with van der Waals surface area (Å²) in [4.78, 5) is 23.7. The molecule has 1 saturated heterocycles. The zero-order chi connectivity index (χ0) is 14.5. The minimum absolute atomic E-state index is 0.170. The van der Waals surface area contributed by atoms with Crippen molar-refractivity contribution in [1.29, 1.82) is 0 Å². The molecule has 1 atom stereocenters. The summed E-state index contributed by atoms with van der Waals surface area (Å²) in [6.45, 7) is 4.21. The molecule has 1 fully saturated rings. The van der Waals surface area contributed by atoms with E-state index in [1.165, 1.54) is 0 Å². The molecule has 0 aromatic heterocycles. The maximum absolute atomic E-state index is 11.9. The van der Waals surface area contributed by atoms with Crippen molar-refractivity contribution >= 4 is 17.6 Å². The number of carbonyl (C=O) groups is 2. The zero-order valence-corrected chi connectivity index (χ0v) is 11.7. The van der Waals surface area contributed by atoms with Crippen LogP contribution in [0.5, 0.6) is 0 Å². The molecule has 5 heteroatoms. The monoisotopic (exact) mass is 277 g/mol. The molecule has 0 spiro atoms. The zero-order valence-electron chi connectivity index (χ0n) is 11.7. The molecule has 1 N–H and O–H groups in total. The van der Waals surface area contributed by atoms with E-state index in [-0.39, 0.29) is 18.1 Å². The summed E-state index contributed by atoms with van der Waals surface area (Å²) in [5.74, 6) is -0.565. The van der Waals surface area contributed by atoms with Crippen LogP contribution < -0.4 is 5.32 Å². The number of rotatable bonds is 4. The molecule has 1 aliphatic rings. The fourth-order valence-electron chi connectivity index (χ4n) is 2.01. The predicted octanol–water partition coefficient (Wildman–Crippen LogP) is 2.37. The first-order valence-corrected chi connectivity index (χ1v) is 6.80. The first-order valence-electron chi connectivity index (χ1n) is 6.80. The second-order valence-electron chi connectivity index (χ2n) is 5.03. The highest BCUT2D eigenvalue weighted by molar-refractivity contribution is 5.96. The molecule has 20 heavy (non-hydrogen) atoms. The van der Waals surface area contributed by atoms with Crippen LogP contribution in [0.1, 0.15) is 37.0 Å². The van der Waals surface area contributed by atoms with Gasteiger partial charge in [-0.25, -0.2) is 4.79 Å². The number of hydrogen-bond donors (Lipinski definition) is 1. The highest BCUT2D eigenvalue weighted by atomic mass is 16.5. The number of ether oxygens (including phenoxy) is 2. The average molecular weight is 277 g/mol. The van der Waals surface area contributed by atoms with Crippen LogP contribution in [-0.2, 0) is 14.3 Å². The maximum atomic E-state index is 11.9. The van der Waals surface area contributed by atoms with Crippen LogP contribution in [-0.4, -0.2) is 30.7 Å². The van der Waals surface area contributed by atoms with E-state index in [1.807, 2.05) is 0 Å². The minimum atomic E-state index is -0.395. The van der Waals surface area contributed by atoms with Gasteiger partial charge in [0.1, 0.15) is 6.10 Å². The predicted molar refractivity (Wildman–Crippen MR) is 74.6 cm³/mol. The van der Waals surface area contributed by atoms with Crippen molar-refractivity contribution in [3.8, 4) is 0 Å². The largest absolute Gasteiger partial charge is 0.459 e. The lowest BCUT2D eigenvalue weighted by Gasteiger charge is -2.12. The van der Waals surface area contributed by atoms with Gasteiger partial charge in [-0.3, -0.25) is 4.79 Å². The van der Waals surface area contributed by atoms with E-state index in [4.69, 9.17) is 9.47 Å². The fourth-order valence-corrected chi connectivity index (χ4v) is 2.01. The maximum Gasteiger partial charge on any atom is 0.338 e. The third-order valence-corrected chi connectivity index (χ3v) is 2.93. The highest BCUT2D eigenvalue weighted by Gasteiger charge is 2.23.